The van der Waals surface area contributed by atoms with Gasteiger partial charge in [0.15, 0.2) is 11.5 Å². The van der Waals surface area contributed by atoms with Crippen LogP contribution < -0.4 is 11.1 Å². The van der Waals surface area contributed by atoms with Crippen molar-refractivity contribution in [2.75, 3.05) is 12.3 Å². The number of amides is 1. The fraction of sp³-hybridized carbons (Fsp3) is 0.227. The number of hydrogen-bond donors (Lipinski definition) is 2. The Morgan fingerprint density at radius 3 is 2.88 bits per heavy atom. The van der Waals surface area contributed by atoms with Gasteiger partial charge in [-0.05, 0) is 53.3 Å². The van der Waals surface area contributed by atoms with Crippen LogP contribution in [0.25, 0.3) is 22.3 Å². The minimum atomic E-state index is -0.447. The highest BCUT2D eigenvalue weighted by atomic mass is 35.5. The molecule has 0 atom stereocenters. The molecule has 0 saturated heterocycles. The van der Waals surface area contributed by atoms with Gasteiger partial charge in [-0.25, -0.2) is 9.78 Å². The number of anilines is 1. The molecule has 0 aliphatic heterocycles. The van der Waals surface area contributed by atoms with Gasteiger partial charge in [-0.15, -0.1) is 0 Å². The number of nitrogens with two attached hydrogens (primary N) is 1. The van der Waals surface area contributed by atoms with Crippen molar-refractivity contribution in [3.05, 3.63) is 66.0 Å². The SMILES string of the molecule is Nc1nc(Cl)nc2c1ncn2CCCCOC(=O)NCc1cccc(-c2cccnc2)c1. The normalized spacial score (nSPS) is 10.9. The number of nitrogens with one attached hydrogen (secondary N) is 1. The molecule has 0 saturated carbocycles. The summed E-state index contributed by atoms with van der Waals surface area (Å²) >= 11 is 5.87. The van der Waals surface area contributed by atoms with Gasteiger partial charge in [0.05, 0.1) is 12.9 Å². The molecule has 3 N–H and O–H groups in total. The quantitative estimate of drug-likeness (QED) is 0.308. The van der Waals surface area contributed by atoms with Gasteiger partial charge in [0.1, 0.15) is 5.52 Å². The topological polar surface area (TPSA) is 121 Å². The highest BCUT2D eigenvalue weighted by Crippen LogP contribution is 2.20. The summed E-state index contributed by atoms with van der Waals surface area (Å²) in [4.78, 5) is 28.4. The predicted octanol–water partition coefficient (Wildman–Crippen LogP) is 3.83. The number of hydrogen-bond acceptors (Lipinski definition) is 7. The summed E-state index contributed by atoms with van der Waals surface area (Å²) in [6.07, 6.45) is 6.22. The first-order valence-electron chi connectivity index (χ1n) is 10.1. The lowest BCUT2D eigenvalue weighted by atomic mass is 10.0. The van der Waals surface area contributed by atoms with Crippen LogP contribution in [0.2, 0.25) is 5.28 Å². The smallest absolute Gasteiger partial charge is 0.407 e. The number of carbonyl (C=O) groups is 1. The van der Waals surface area contributed by atoms with E-state index in [9.17, 15) is 4.79 Å². The number of unbranched alkanes of at least 4 members (excludes halogenated alkanes) is 1. The highest BCUT2D eigenvalue weighted by molar-refractivity contribution is 6.28. The molecule has 10 heteroatoms. The van der Waals surface area contributed by atoms with E-state index in [0.29, 0.717) is 37.3 Å². The van der Waals surface area contributed by atoms with Crippen molar-refractivity contribution in [1.82, 2.24) is 29.8 Å². The van der Waals surface area contributed by atoms with Crippen LogP contribution in [0.15, 0.2) is 55.1 Å². The molecule has 9 nitrogen and oxygen atoms in total. The van der Waals surface area contributed by atoms with Gasteiger partial charge in [-0.1, -0.05) is 24.3 Å². The Labute approximate surface area is 189 Å². The van der Waals surface area contributed by atoms with Crippen molar-refractivity contribution in [3.8, 4) is 11.1 Å². The summed E-state index contributed by atoms with van der Waals surface area (Å²) in [5.41, 5.74) is 9.98. The summed E-state index contributed by atoms with van der Waals surface area (Å²) in [5.74, 6) is 0.254. The van der Waals surface area contributed by atoms with Crippen LogP contribution in [-0.2, 0) is 17.8 Å². The molecule has 0 bridgehead atoms. The Bertz CT molecular complexity index is 1210. The fourth-order valence-electron chi connectivity index (χ4n) is 3.27. The largest absolute Gasteiger partial charge is 0.450 e. The molecule has 4 rings (SSSR count). The lowest BCUT2D eigenvalue weighted by Crippen LogP contribution is -2.24. The summed E-state index contributed by atoms with van der Waals surface area (Å²) in [7, 11) is 0. The third kappa shape index (κ3) is 5.30. The number of nitrogens with zero attached hydrogens (tertiary/aromatic N) is 5. The van der Waals surface area contributed by atoms with Crippen molar-refractivity contribution in [3.63, 3.8) is 0 Å². The number of fused-ring (bicyclic) bond motifs is 1. The van der Waals surface area contributed by atoms with Crippen molar-refractivity contribution in [1.29, 1.82) is 0 Å². The van der Waals surface area contributed by atoms with Crippen LogP contribution in [0, 0.1) is 0 Å². The Morgan fingerprint density at radius 2 is 2.03 bits per heavy atom. The third-order valence-corrected chi connectivity index (χ3v) is 5.02. The lowest BCUT2D eigenvalue weighted by molar-refractivity contribution is 0.143. The second kappa shape index (κ2) is 10.1. The van der Waals surface area contributed by atoms with Crippen molar-refractivity contribution in [2.24, 2.45) is 0 Å². The van der Waals surface area contributed by atoms with Crippen molar-refractivity contribution >= 4 is 34.7 Å². The van der Waals surface area contributed by atoms with Crippen molar-refractivity contribution in [2.45, 2.75) is 25.9 Å². The molecule has 3 aromatic heterocycles. The zero-order chi connectivity index (χ0) is 22.3. The Balaban J connectivity index is 1.20. The number of rotatable bonds is 8. The summed E-state index contributed by atoms with van der Waals surface area (Å²) in [6, 6.07) is 11.8. The number of alkyl carbamates (subject to hydrolysis) is 1. The van der Waals surface area contributed by atoms with Crippen LogP contribution in [0.3, 0.4) is 0 Å². The van der Waals surface area contributed by atoms with Gasteiger partial charge >= 0.3 is 6.09 Å². The zero-order valence-corrected chi connectivity index (χ0v) is 18.0. The molecule has 3 heterocycles. The van der Waals surface area contributed by atoms with E-state index in [1.165, 1.54) is 0 Å². The first-order valence-corrected chi connectivity index (χ1v) is 10.5. The molecule has 0 aliphatic carbocycles. The molecule has 0 fully saturated rings. The van der Waals surface area contributed by atoms with E-state index in [1.807, 2.05) is 47.2 Å². The molecule has 0 spiro atoms. The van der Waals surface area contributed by atoms with Gasteiger partial charge in [0, 0.05) is 25.5 Å². The number of imidazole rings is 1. The molecule has 32 heavy (non-hydrogen) atoms. The van der Waals surface area contributed by atoms with Crippen LogP contribution in [0.5, 0.6) is 0 Å². The van der Waals surface area contributed by atoms with Gasteiger partial charge in [-0.2, -0.15) is 9.97 Å². The summed E-state index contributed by atoms with van der Waals surface area (Å²) in [5, 5.41) is 2.87. The van der Waals surface area contributed by atoms with Gasteiger partial charge in [0.25, 0.3) is 0 Å². The Morgan fingerprint density at radius 1 is 1.16 bits per heavy atom. The first-order chi connectivity index (χ1) is 15.6. The second-order valence-corrected chi connectivity index (χ2v) is 7.46. The maximum absolute atomic E-state index is 12.0. The maximum Gasteiger partial charge on any atom is 0.407 e. The summed E-state index contributed by atoms with van der Waals surface area (Å²) < 4.78 is 7.13. The van der Waals surface area contributed by atoms with E-state index >= 15 is 0 Å². The molecule has 0 aliphatic rings. The maximum atomic E-state index is 12.0. The Kier molecular flexibility index (Phi) is 6.76. The number of carbonyl (C=O) groups excluding carboxylic acids is 1. The van der Waals surface area contributed by atoms with E-state index in [4.69, 9.17) is 22.1 Å². The van der Waals surface area contributed by atoms with Crippen molar-refractivity contribution < 1.29 is 9.53 Å². The zero-order valence-electron chi connectivity index (χ0n) is 17.2. The highest BCUT2D eigenvalue weighted by Gasteiger charge is 2.10. The predicted molar refractivity (Wildman–Crippen MR) is 122 cm³/mol. The number of nitrogen functional groups attached to an aromatic ring is 1. The second-order valence-electron chi connectivity index (χ2n) is 7.13. The van der Waals surface area contributed by atoms with Gasteiger partial charge in [-0.3, -0.25) is 4.98 Å². The molecule has 1 aromatic carbocycles. The molecule has 1 amide bonds. The van der Waals surface area contributed by atoms with Crippen LogP contribution in [0.1, 0.15) is 18.4 Å². The number of ether oxygens (including phenoxy) is 1. The van der Waals surface area contributed by atoms with Gasteiger partial charge < -0.3 is 20.4 Å². The van der Waals surface area contributed by atoms with Crippen LogP contribution in [-0.4, -0.2) is 37.2 Å². The summed E-state index contributed by atoms with van der Waals surface area (Å²) in [6.45, 7) is 1.34. The number of halogens is 1. The number of pyridine rings is 1. The van der Waals surface area contributed by atoms with E-state index in [2.05, 4.69) is 25.3 Å². The average Bonchev–Trinajstić information content (AvgIpc) is 3.21. The third-order valence-electron chi connectivity index (χ3n) is 4.85. The molecule has 164 valence electrons. The number of aryl methyl sites for hydroxylation is 1. The van der Waals surface area contributed by atoms with Crippen LogP contribution >= 0.6 is 11.6 Å². The fourth-order valence-corrected chi connectivity index (χ4v) is 3.44. The lowest BCUT2D eigenvalue weighted by Gasteiger charge is -2.09. The molecule has 4 aromatic rings. The van der Waals surface area contributed by atoms with E-state index < -0.39 is 6.09 Å². The average molecular weight is 452 g/mol. The molecular formula is C22H22ClN7O2. The van der Waals surface area contributed by atoms with E-state index in [1.54, 1.807) is 12.5 Å². The monoisotopic (exact) mass is 451 g/mol. The molecule has 0 radical (unpaired) electrons. The Hall–Kier alpha value is -3.72. The van der Waals surface area contributed by atoms with E-state index in [0.717, 1.165) is 23.1 Å². The molecule has 0 unspecified atom stereocenters. The number of benzene rings is 1. The van der Waals surface area contributed by atoms with E-state index in [-0.39, 0.29) is 11.1 Å². The number of aromatic nitrogens is 5. The molecular weight excluding hydrogens is 430 g/mol. The van der Waals surface area contributed by atoms with Crippen LogP contribution in [0.4, 0.5) is 10.6 Å². The van der Waals surface area contributed by atoms with Gasteiger partial charge in [0.2, 0.25) is 5.28 Å². The minimum Gasteiger partial charge on any atom is -0.450 e. The first kappa shape index (κ1) is 21.5. The minimum absolute atomic E-state index is 0.0859. The standard InChI is InChI=1S/C22H22ClN7O2/c23-21-28-19(24)18-20(29-21)30(14-27-18)9-1-2-10-32-22(31)26-12-15-5-3-6-16(11-15)17-7-4-8-25-13-17/h3-8,11,13-14H,1-2,9-10,12H2,(H,26,31)(H2,24,28,29).